The summed E-state index contributed by atoms with van der Waals surface area (Å²) in [5.41, 5.74) is -0.986. The zero-order valence-corrected chi connectivity index (χ0v) is 29.9. The van der Waals surface area contributed by atoms with Gasteiger partial charge in [0.1, 0.15) is 28.8 Å². The van der Waals surface area contributed by atoms with Gasteiger partial charge in [0.15, 0.2) is 5.82 Å². The number of nitrogens with zero attached hydrogens (tertiary/aromatic N) is 3. The van der Waals surface area contributed by atoms with Crippen molar-refractivity contribution in [3.63, 3.8) is 0 Å². The molecule has 54 heavy (non-hydrogen) atoms. The molecule has 8 rings (SSSR count). The van der Waals surface area contributed by atoms with Crippen LogP contribution in [0, 0.1) is 5.92 Å². The van der Waals surface area contributed by atoms with Crippen LogP contribution < -0.4 is 14.8 Å². The Morgan fingerprint density at radius 2 is 1.78 bits per heavy atom. The lowest BCUT2D eigenvalue weighted by Gasteiger charge is -2.26. The summed E-state index contributed by atoms with van der Waals surface area (Å²) in [5, 5.41) is 2.84. The topological polar surface area (TPSA) is 161 Å². The first-order valence-corrected chi connectivity index (χ1v) is 19.7. The van der Waals surface area contributed by atoms with Gasteiger partial charge in [-0.2, -0.15) is 18.2 Å². The van der Waals surface area contributed by atoms with Crippen molar-refractivity contribution in [1.29, 1.82) is 0 Å². The van der Waals surface area contributed by atoms with E-state index in [-0.39, 0.29) is 49.0 Å². The van der Waals surface area contributed by atoms with E-state index in [1.54, 1.807) is 24.3 Å². The van der Waals surface area contributed by atoms with Gasteiger partial charge in [-0.1, -0.05) is 49.3 Å². The molecule has 16 heteroatoms. The number of furan rings is 1. The van der Waals surface area contributed by atoms with Gasteiger partial charge in [-0.3, -0.25) is 19.1 Å². The van der Waals surface area contributed by atoms with Crippen molar-refractivity contribution in [3.05, 3.63) is 66.2 Å². The Bertz CT molecular complexity index is 2270. The summed E-state index contributed by atoms with van der Waals surface area (Å²) in [5.74, 6) is -2.03. The number of aromatic nitrogens is 2. The molecule has 284 valence electrons. The van der Waals surface area contributed by atoms with Crippen molar-refractivity contribution in [2.45, 2.75) is 93.3 Å². The first-order chi connectivity index (χ1) is 25.8. The highest BCUT2D eigenvalue weighted by Crippen LogP contribution is 2.46. The summed E-state index contributed by atoms with van der Waals surface area (Å²) >= 11 is 0. The lowest BCUT2D eigenvalue weighted by atomic mass is 10.1. The number of sulfonamides is 1. The number of rotatable bonds is 6. The number of benzene rings is 2. The standard InChI is InChI=1S/C38H38F3N5O7S/c39-38(40,41)23-15-13-22(14-16-23)33-42-31-27-10-7-8-11-29(27)53-32(31)35(43-33)52-25-19-28-34(48)44-37(36(49)45-54(50,51)26-17-18-26)20-24(37)9-5-3-1-2-4-6-12-30(47)46(28)21-25/h5,7-11,13-16,24-26,28H,1-4,6,12,17-21H2,(H,44,48)(H,45,49)/b9-5-/t24-,25-,28+,37-/m1/s1. The van der Waals surface area contributed by atoms with Gasteiger partial charge in [-0.05, 0) is 62.8 Å². The molecule has 0 spiro atoms. The molecule has 4 heterocycles. The predicted octanol–water partition coefficient (Wildman–Crippen LogP) is 5.80. The number of carbonyl (C=O) groups is 3. The van der Waals surface area contributed by atoms with E-state index in [1.165, 1.54) is 17.0 Å². The lowest BCUT2D eigenvalue weighted by Crippen LogP contribution is -2.56. The molecule has 2 aromatic heterocycles. The summed E-state index contributed by atoms with van der Waals surface area (Å²) in [6.45, 7) is -0.00313. The van der Waals surface area contributed by atoms with Crippen LogP contribution in [0.15, 0.2) is 65.1 Å². The molecular weight excluding hydrogens is 728 g/mol. The second-order valence-corrected chi connectivity index (χ2v) is 16.5. The first-order valence-electron chi connectivity index (χ1n) is 18.2. The number of amides is 3. The number of carbonyl (C=O) groups excluding carboxylic acids is 3. The normalized spacial score (nSPS) is 26.0. The van der Waals surface area contributed by atoms with Crippen molar-refractivity contribution in [2.24, 2.45) is 5.92 Å². The number of para-hydroxylation sites is 1. The van der Waals surface area contributed by atoms with E-state index in [4.69, 9.17) is 9.15 Å². The molecule has 12 nitrogen and oxygen atoms in total. The molecule has 2 aliphatic carbocycles. The maximum Gasteiger partial charge on any atom is 0.416 e. The van der Waals surface area contributed by atoms with Crippen molar-refractivity contribution in [2.75, 3.05) is 6.54 Å². The van der Waals surface area contributed by atoms with Gasteiger partial charge in [0.2, 0.25) is 27.4 Å². The Balaban J connectivity index is 1.11. The van der Waals surface area contributed by atoms with Gasteiger partial charge < -0.3 is 19.4 Å². The fourth-order valence-electron chi connectivity index (χ4n) is 7.41. The highest BCUT2D eigenvalue weighted by Gasteiger charge is 2.62. The summed E-state index contributed by atoms with van der Waals surface area (Å²) in [6, 6.07) is 10.5. The molecule has 2 N–H and O–H groups in total. The van der Waals surface area contributed by atoms with Gasteiger partial charge in [-0.25, -0.2) is 13.4 Å². The maximum absolute atomic E-state index is 14.2. The molecular formula is C38H38F3N5O7S. The molecule has 0 radical (unpaired) electrons. The number of halogens is 3. The molecule has 3 fully saturated rings. The summed E-state index contributed by atoms with van der Waals surface area (Å²) in [6.07, 6.45) is 3.80. The van der Waals surface area contributed by atoms with Gasteiger partial charge in [0, 0.05) is 29.7 Å². The van der Waals surface area contributed by atoms with E-state index in [2.05, 4.69) is 20.0 Å². The molecule has 0 unspecified atom stereocenters. The molecule has 2 aliphatic heterocycles. The van der Waals surface area contributed by atoms with Crippen LogP contribution in [0.3, 0.4) is 0 Å². The summed E-state index contributed by atoms with van der Waals surface area (Å²) in [7, 11) is -3.89. The second-order valence-electron chi connectivity index (χ2n) is 14.6. The van der Waals surface area contributed by atoms with Crippen molar-refractivity contribution >= 4 is 49.8 Å². The van der Waals surface area contributed by atoms with Crippen LogP contribution in [-0.4, -0.2) is 70.5 Å². The van der Waals surface area contributed by atoms with E-state index in [0.717, 1.165) is 37.8 Å². The van der Waals surface area contributed by atoms with E-state index in [1.807, 2.05) is 12.2 Å². The van der Waals surface area contributed by atoms with E-state index >= 15 is 0 Å². The van der Waals surface area contributed by atoms with Crippen LogP contribution in [-0.2, 0) is 30.6 Å². The number of hydrogen-bond donors (Lipinski definition) is 2. The average Bonchev–Trinajstić information content (AvgIpc) is 4.04. The van der Waals surface area contributed by atoms with Gasteiger partial charge in [-0.15, -0.1) is 0 Å². The number of hydrogen-bond acceptors (Lipinski definition) is 9. The highest BCUT2D eigenvalue weighted by atomic mass is 32.2. The maximum atomic E-state index is 14.2. The first kappa shape index (κ1) is 36.0. The van der Waals surface area contributed by atoms with Crippen molar-refractivity contribution in [1.82, 2.24) is 24.9 Å². The van der Waals surface area contributed by atoms with Crippen LogP contribution in [0.4, 0.5) is 13.2 Å². The molecule has 3 amide bonds. The molecule has 2 aromatic carbocycles. The Morgan fingerprint density at radius 3 is 2.54 bits per heavy atom. The molecule has 2 saturated carbocycles. The van der Waals surface area contributed by atoms with Crippen LogP contribution in [0.25, 0.3) is 33.5 Å². The average molecular weight is 766 g/mol. The predicted molar refractivity (Wildman–Crippen MR) is 190 cm³/mol. The molecule has 0 bridgehead atoms. The zero-order valence-electron chi connectivity index (χ0n) is 29.1. The molecule has 4 aliphatic rings. The molecule has 4 atom stereocenters. The third-order valence-electron chi connectivity index (χ3n) is 10.7. The Hall–Kier alpha value is -4.99. The zero-order chi connectivity index (χ0) is 37.8. The fourth-order valence-corrected chi connectivity index (χ4v) is 8.77. The number of nitrogens with one attached hydrogen (secondary N) is 2. The quantitative estimate of drug-likeness (QED) is 0.231. The van der Waals surface area contributed by atoms with E-state index in [0.29, 0.717) is 41.3 Å². The number of fused-ring (bicyclic) bond motifs is 5. The van der Waals surface area contributed by atoms with Crippen LogP contribution in [0.5, 0.6) is 5.88 Å². The highest BCUT2D eigenvalue weighted by molar-refractivity contribution is 7.91. The second kappa shape index (κ2) is 13.7. The van der Waals surface area contributed by atoms with Crippen molar-refractivity contribution in [3.8, 4) is 17.3 Å². The molecule has 1 saturated heterocycles. The Morgan fingerprint density at radius 1 is 1.02 bits per heavy atom. The minimum atomic E-state index is -4.53. The largest absolute Gasteiger partial charge is 0.470 e. The van der Waals surface area contributed by atoms with Gasteiger partial charge in [0.25, 0.3) is 11.8 Å². The monoisotopic (exact) mass is 765 g/mol. The van der Waals surface area contributed by atoms with Gasteiger partial charge in [0.05, 0.1) is 17.4 Å². The van der Waals surface area contributed by atoms with Gasteiger partial charge >= 0.3 is 6.18 Å². The van der Waals surface area contributed by atoms with Crippen molar-refractivity contribution < 1.29 is 45.1 Å². The number of alkyl halides is 3. The summed E-state index contributed by atoms with van der Waals surface area (Å²) in [4.78, 5) is 52.1. The minimum Gasteiger partial charge on any atom is -0.470 e. The lowest BCUT2D eigenvalue weighted by molar-refractivity contribution is -0.139. The SMILES string of the molecule is O=C1N[C@]2(C(=O)NS(=O)(=O)C3CC3)C[C@H]2/C=C\CCCCCCC(=O)N2C[C@H](Oc3nc(-c4ccc(C(F)(F)F)cc4)nc4c3oc3ccccc34)C[C@@H]12. The Kier molecular flexibility index (Phi) is 9.13. The third kappa shape index (κ3) is 7.03. The number of ether oxygens (including phenoxy) is 1. The van der Waals surface area contributed by atoms with E-state index in [9.17, 15) is 36.0 Å². The smallest absolute Gasteiger partial charge is 0.416 e. The Labute approximate surface area is 308 Å². The van der Waals surface area contributed by atoms with E-state index < -0.39 is 62.4 Å². The third-order valence-corrected chi connectivity index (χ3v) is 12.5. The minimum absolute atomic E-state index is 0.00313. The molecule has 4 aromatic rings. The number of allylic oxidation sites excluding steroid dienone is 1. The fraction of sp³-hybridized carbons (Fsp3) is 0.447. The van der Waals surface area contributed by atoms with Crippen LogP contribution >= 0.6 is 0 Å². The summed E-state index contributed by atoms with van der Waals surface area (Å²) < 4.78 is 80.3. The van der Waals surface area contributed by atoms with Crippen LogP contribution in [0.2, 0.25) is 0 Å². The van der Waals surface area contributed by atoms with Crippen LogP contribution in [0.1, 0.15) is 69.8 Å².